The van der Waals surface area contributed by atoms with Crippen LogP contribution in [0.4, 0.5) is 10.8 Å². The van der Waals surface area contributed by atoms with Gasteiger partial charge in [0.05, 0.1) is 5.25 Å². The van der Waals surface area contributed by atoms with Crippen molar-refractivity contribution in [2.75, 3.05) is 17.2 Å². The molecule has 0 saturated heterocycles. The minimum atomic E-state index is -0.285. The SMILES string of the molecule is CCNc1nnc(S[C@@H](C)C(=O)Nc2ccc(Oc3ccccc3)cc2)s1. The Labute approximate surface area is 166 Å². The van der Waals surface area contributed by atoms with Crippen LogP contribution in [0.15, 0.2) is 58.9 Å². The largest absolute Gasteiger partial charge is 0.457 e. The van der Waals surface area contributed by atoms with Crippen molar-refractivity contribution in [3.05, 3.63) is 54.6 Å². The van der Waals surface area contributed by atoms with Gasteiger partial charge in [-0.15, -0.1) is 10.2 Å². The zero-order valence-corrected chi connectivity index (χ0v) is 16.6. The van der Waals surface area contributed by atoms with Crippen LogP contribution in [0, 0.1) is 0 Å². The first-order valence-corrected chi connectivity index (χ1v) is 10.2. The highest BCUT2D eigenvalue weighted by atomic mass is 32.2. The van der Waals surface area contributed by atoms with Crippen molar-refractivity contribution in [3.8, 4) is 11.5 Å². The maximum absolute atomic E-state index is 12.4. The van der Waals surface area contributed by atoms with E-state index in [0.717, 1.165) is 27.5 Å². The van der Waals surface area contributed by atoms with Gasteiger partial charge in [0, 0.05) is 12.2 Å². The van der Waals surface area contributed by atoms with Crippen LogP contribution in [0.25, 0.3) is 0 Å². The number of nitrogens with one attached hydrogen (secondary N) is 2. The molecular formula is C19H20N4O2S2. The van der Waals surface area contributed by atoms with E-state index in [1.54, 1.807) is 0 Å². The Bertz CT molecular complexity index is 869. The topological polar surface area (TPSA) is 76.1 Å². The number of nitrogens with zero attached hydrogens (tertiary/aromatic N) is 2. The Morgan fingerprint density at radius 3 is 2.52 bits per heavy atom. The summed E-state index contributed by atoms with van der Waals surface area (Å²) in [5.41, 5.74) is 0.721. The minimum absolute atomic E-state index is 0.0862. The van der Waals surface area contributed by atoms with Crippen LogP contribution in [0.5, 0.6) is 11.5 Å². The van der Waals surface area contributed by atoms with Crippen LogP contribution < -0.4 is 15.4 Å². The van der Waals surface area contributed by atoms with Crippen molar-refractivity contribution in [2.45, 2.75) is 23.4 Å². The van der Waals surface area contributed by atoms with Crippen LogP contribution in [0.3, 0.4) is 0 Å². The number of carbonyl (C=O) groups excluding carboxylic acids is 1. The molecule has 140 valence electrons. The Morgan fingerprint density at radius 2 is 1.81 bits per heavy atom. The summed E-state index contributed by atoms with van der Waals surface area (Å²) in [7, 11) is 0. The average molecular weight is 401 g/mol. The van der Waals surface area contributed by atoms with E-state index >= 15 is 0 Å². The molecule has 6 nitrogen and oxygen atoms in total. The third kappa shape index (κ3) is 5.70. The molecule has 0 aliphatic heterocycles. The summed E-state index contributed by atoms with van der Waals surface area (Å²) in [6.45, 7) is 4.64. The fourth-order valence-electron chi connectivity index (χ4n) is 2.16. The van der Waals surface area contributed by atoms with Crippen LogP contribution >= 0.6 is 23.1 Å². The summed E-state index contributed by atoms with van der Waals surface area (Å²) in [5.74, 6) is 1.40. The van der Waals surface area contributed by atoms with E-state index in [0.29, 0.717) is 5.75 Å². The van der Waals surface area contributed by atoms with Crippen LogP contribution in [0.2, 0.25) is 0 Å². The second kappa shape index (κ2) is 9.38. The first-order chi connectivity index (χ1) is 13.1. The van der Waals surface area contributed by atoms with Gasteiger partial charge in [0.2, 0.25) is 11.0 Å². The summed E-state index contributed by atoms with van der Waals surface area (Å²) < 4.78 is 6.51. The highest BCUT2D eigenvalue weighted by molar-refractivity contribution is 8.02. The zero-order chi connectivity index (χ0) is 19.1. The summed E-state index contributed by atoms with van der Waals surface area (Å²) in [6, 6.07) is 16.9. The maximum atomic E-state index is 12.4. The molecule has 1 aromatic heterocycles. The van der Waals surface area contributed by atoms with E-state index < -0.39 is 0 Å². The molecule has 0 spiro atoms. The van der Waals surface area contributed by atoms with E-state index in [-0.39, 0.29) is 11.2 Å². The van der Waals surface area contributed by atoms with E-state index in [1.165, 1.54) is 23.1 Å². The second-order valence-corrected chi connectivity index (χ2v) is 8.16. The van der Waals surface area contributed by atoms with Crippen molar-refractivity contribution < 1.29 is 9.53 Å². The fourth-order valence-corrected chi connectivity index (χ4v) is 4.12. The van der Waals surface area contributed by atoms with Gasteiger partial charge in [0.25, 0.3) is 0 Å². The Kier molecular flexibility index (Phi) is 6.67. The van der Waals surface area contributed by atoms with E-state index in [9.17, 15) is 4.79 Å². The molecule has 0 fully saturated rings. The lowest BCUT2D eigenvalue weighted by Gasteiger charge is -2.11. The van der Waals surface area contributed by atoms with E-state index in [1.807, 2.05) is 68.4 Å². The Balaban J connectivity index is 1.53. The van der Waals surface area contributed by atoms with Crippen molar-refractivity contribution in [3.63, 3.8) is 0 Å². The molecule has 1 heterocycles. The Morgan fingerprint density at radius 1 is 1.11 bits per heavy atom. The number of carbonyl (C=O) groups is 1. The predicted molar refractivity (Wildman–Crippen MR) is 111 cm³/mol. The highest BCUT2D eigenvalue weighted by Gasteiger charge is 2.17. The molecule has 27 heavy (non-hydrogen) atoms. The third-order valence-corrected chi connectivity index (χ3v) is 5.55. The normalized spacial score (nSPS) is 11.6. The molecular weight excluding hydrogens is 380 g/mol. The van der Waals surface area contributed by atoms with Crippen LogP contribution in [-0.2, 0) is 4.79 Å². The lowest BCUT2D eigenvalue weighted by Crippen LogP contribution is -2.22. The molecule has 8 heteroatoms. The third-order valence-electron chi connectivity index (χ3n) is 3.48. The number of ether oxygens (including phenoxy) is 1. The number of aromatic nitrogens is 2. The number of amides is 1. The predicted octanol–water partition coefficient (Wildman–Crippen LogP) is 4.88. The van der Waals surface area contributed by atoms with Gasteiger partial charge < -0.3 is 15.4 Å². The van der Waals surface area contributed by atoms with E-state index in [2.05, 4.69) is 20.8 Å². The number of thioether (sulfide) groups is 1. The first kappa shape index (κ1) is 19.2. The quantitative estimate of drug-likeness (QED) is 0.525. The maximum Gasteiger partial charge on any atom is 0.237 e. The van der Waals surface area contributed by atoms with Gasteiger partial charge >= 0.3 is 0 Å². The second-order valence-electron chi connectivity index (χ2n) is 5.59. The molecule has 0 bridgehead atoms. The van der Waals surface area contributed by atoms with Gasteiger partial charge in [-0.05, 0) is 50.2 Å². The highest BCUT2D eigenvalue weighted by Crippen LogP contribution is 2.29. The van der Waals surface area contributed by atoms with Crippen LogP contribution in [-0.4, -0.2) is 27.9 Å². The monoisotopic (exact) mass is 400 g/mol. The number of anilines is 2. The molecule has 0 aliphatic carbocycles. The average Bonchev–Trinajstić information content (AvgIpc) is 3.11. The number of para-hydroxylation sites is 1. The lowest BCUT2D eigenvalue weighted by molar-refractivity contribution is -0.115. The van der Waals surface area contributed by atoms with E-state index in [4.69, 9.17) is 4.74 Å². The van der Waals surface area contributed by atoms with Crippen LogP contribution in [0.1, 0.15) is 13.8 Å². The number of benzene rings is 2. The molecule has 3 aromatic rings. The molecule has 0 radical (unpaired) electrons. The standard InChI is InChI=1S/C19H20N4O2S2/c1-3-20-18-22-23-19(27-18)26-13(2)17(24)21-14-9-11-16(12-10-14)25-15-7-5-4-6-8-15/h4-13H,3H2,1-2H3,(H,20,22)(H,21,24)/t13-/m0/s1. The molecule has 1 atom stereocenters. The number of rotatable bonds is 8. The van der Waals surface area contributed by atoms with Crippen molar-refractivity contribution >= 4 is 39.8 Å². The molecule has 0 unspecified atom stereocenters. The fraction of sp³-hybridized carbons (Fsp3) is 0.211. The van der Waals surface area contributed by atoms with Gasteiger partial charge in [-0.1, -0.05) is 41.3 Å². The number of hydrogen-bond acceptors (Lipinski definition) is 7. The van der Waals surface area contributed by atoms with Gasteiger partial charge in [-0.2, -0.15) is 0 Å². The van der Waals surface area contributed by atoms with Crippen molar-refractivity contribution in [1.82, 2.24) is 10.2 Å². The molecule has 0 aliphatic rings. The summed E-state index contributed by atoms with van der Waals surface area (Å²) in [5, 5.41) is 14.6. The smallest absolute Gasteiger partial charge is 0.237 e. The van der Waals surface area contributed by atoms with Crippen molar-refractivity contribution in [2.24, 2.45) is 0 Å². The molecule has 2 aromatic carbocycles. The molecule has 1 amide bonds. The first-order valence-electron chi connectivity index (χ1n) is 8.52. The zero-order valence-electron chi connectivity index (χ0n) is 15.0. The lowest BCUT2D eigenvalue weighted by atomic mass is 10.3. The molecule has 3 rings (SSSR count). The molecule has 2 N–H and O–H groups in total. The number of hydrogen-bond donors (Lipinski definition) is 2. The van der Waals surface area contributed by atoms with Crippen molar-refractivity contribution in [1.29, 1.82) is 0 Å². The van der Waals surface area contributed by atoms with Gasteiger partial charge in [-0.25, -0.2) is 0 Å². The molecule has 0 saturated carbocycles. The summed E-state index contributed by atoms with van der Waals surface area (Å²) in [6.07, 6.45) is 0. The summed E-state index contributed by atoms with van der Waals surface area (Å²) in [4.78, 5) is 12.4. The van der Waals surface area contributed by atoms with Gasteiger partial charge in [-0.3, -0.25) is 4.79 Å². The van der Waals surface area contributed by atoms with Gasteiger partial charge in [0.1, 0.15) is 11.5 Å². The van der Waals surface area contributed by atoms with Gasteiger partial charge in [0.15, 0.2) is 4.34 Å². The minimum Gasteiger partial charge on any atom is -0.457 e. The Hall–Kier alpha value is -2.58. The summed E-state index contributed by atoms with van der Waals surface area (Å²) >= 11 is 2.84.